The standard InChI is InChI=1S/C33H30Cl2N10O4/c1-49-33(48)38-24-8-4-21(5-9-24)30-31(35)41-32(40-30)25(18-29(47)44-16-2-3-26(44)20-12-14-36-15-13-20)39-28(46)11-6-22-17-23(34)7-10-27(22)45-19-37-42-43-45/h4-15,17,19,25-26H,2-3,16,18H2,1H3,(H,38,48)(H,39,46)(H,40,41)/b11-6+/t25?,26-/m0/s1. The van der Waals surface area contributed by atoms with Crippen LogP contribution in [-0.2, 0) is 14.3 Å². The maximum Gasteiger partial charge on any atom is 0.411 e. The van der Waals surface area contributed by atoms with Crippen molar-refractivity contribution in [1.82, 2.24) is 45.4 Å². The summed E-state index contributed by atoms with van der Waals surface area (Å²) in [5.74, 6) is -0.347. The third kappa shape index (κ3) is 7.93. The van der Waals surface area contributed by atoms with Crippen molar-refractivity contribution in [3.05, 3.63) is 107 Å². The van der Waals surface area contributed by atoms with Gasteiger partial charge < -0.3 is 19.9 Å². The predicted octanol–water partition coefficient (Wildman–Crippen LogP) is 5.56. The molecule has 0 radical (unpaired) electrons. The first-order chi connectivity index (χ1) is 23.8. The van der Waals surface area contributed by atoms with Gasteiger partial charge in [-0.15, -0.1) is 5.10 Å². The van der Waals surface area contributed by atoms with Crippen molar-refractivity contribution in [2.24, 2.45) is 0 Å². The highest BCUT2D eigenvalue weighted by atomic mass is 35.5. The number of benzene rings is 2. The molecule has 3 N–H and O–H groups in total. The van der Waals surface area contributed by atoms with Crippen molar-refractivity contribution in [3.8, 4) is 16.9 Å². The zero-order chi connectivity index (χ0) is 34.3. The number of hydrogen-bond acceptors (Lipinski definition) is 9. The molecule has 1 fully saturated rings. The number of nitrogens with one attached hydrogen (secondary N) is 3. The van der Waals surface area contributed by atoms with E-state index in [1.807, 2.05) is 17.0 Å². The van der Waals surface area contributed by atoms with Crippen LogP contribution in [0.2, 0.25) is 10.2 Å². The van der Waals surface area contributed by atoms with Crippen molar-refractivity contribution in [2.75, 3.05) is 19.0 Å². The van der Waals surface area contributed by atoms with Crippen molar-refractivity contribution in [3.63, 3.8) is 0 Å². The molecule has 5 aromatic rings. The summed E-state index contributed by atoms with van der Waals surface area (Å²) in [4.78, 5) is 52.6. The Labute approximate surface area is 290 Å². The summed E-state index contributed by atoms with van der Waals surface area (Å²) in [7, 11) is 1.28. The van der Waals surface area contributed by atoms with Crippen LogP contribution < -0.4 is 10.6 Å². The van der Waals surface area contributed by atoms with E-state index >= 15 is 0 Å². The Hall–Kier alpha value is -5.60. The molecule has 3 aromatic heterocycles. The third-order valence-corrected chi connectivity index (χ3v) is 8.47. The van der Waals surface area contributed by atoms with Crippen LogP contribution >= 0.6 is 23.2 Å². The molecule has 2 atom stereocenters. The van der Waals surface area contributed by atoms with Crippen LogP contribution in [-0.4, -0.2) is 71.6 Å². The van der Waals surface area contributed by atoms with Gasteiger partial charge in [-0.3, -0.25) is 19.9 Å². The fourth-order valence-electron chi connectivity index (χ4n) is 5.64. The molecule has 49 heavy (non-hydrogen) atoms. The van der Waals surface area contributed by atoms with E-state index in [4.69, 9.17) is 28.2 Å². The normalized spacial score (nSPS) is 14.9. The quantitative estimate of drug-likeness (QED) is 0.158. The summed E-state index contributed by atoms with van der Waals surface area (Å²) in [5, 5.41) is 17.5. The second-order valence-corrected chi connectivity index (χ2v) is 11.9. The molecule has 1 unspecified atom stereocenters. The Kier molecular flexibility index (Phi) is 10.3. The molecule has 4 heterocycles. The third-order valence-electron chi connectivity index (χ3n) is 7.96. The maximum atomic E-state index is 13.9. The van der Waals surface area contributed by atoms with E-state index < -0.39 is 18.0 Å². The van der Waals surface area contributed by atoms with Gasteiger partial charge in [0.1, 0.15) is 23.0 Å². The number of nitrogens with zero attached hydrogens (tertiary/aromatic N) is 7. The van der Waals surface area contributed by atoms with Crippen LogP contribution in [0.4, 0.5) is 10.5 Å². The van der Waals surface area contributed by atoms with Crippen molar-refractivity contribution in [2.45, 2.75) is 31.3 Å². The number of hydrogen-bond donors (Lipinski definition) is 3. The van der Waals surface area contributed by atoms with E-state index in [-0.39, 0.29) is 23.5 Å². The van der Waals surface area contributed by atoms with Gasteiger partial charge in [0.15, 0.2) is 0 Å². The van der Waals surface area contributed by atoms with Crippen LogP contribution in [0.5, 0.6) is 0 Å². The summed E-state index contributed by atoms with van der Waals surface area (Å²) in [6.07, 6.45) is 8.75. The minimum atomic E-state index is -0.867. The second-order valence-electron chi connectivity index (χ2n) is 11.1. The summed E-state index contributed by atoms with van der Waals surface area (Å²) >= 11 is 12.9. The van der Waals surface area contributed by atoms with Crippen LogP contribution in [0.3, 0.4) is 0 Å². The number of pyridine rings is 1. The number of carbonyl (C=O) groups is 3. The second kappa shape index (κ2) is 15.1. The molecule has 0 spiro atoms. The Morgan fingerprint density at radius 2 is 1.90 bits per heavy atom. The van der Waals surface area contributed by atoms with E-state index in [0.717, 1.165) is 18.4 Å². The number of imidazole rings is 1. The number of ether oxygens (including phenoxy) is 1. The largest absolute Gasteiger partial charge is 0.453 e. The molecular weight excluding hydrogens is 671 g/mol. The molecule has 3 amide bonds. The van der Waals surface area contributed by atoms with Gasteiger partial charge in [-0.2, -0.15) is 4.68 Å². The molecule has 16 heteroatoms. The number of tetrazole rings is 1. The predicted molar refractivity (Wildman–Crippen MR) is 182 cm³/mol. The summed E-state index contributed by atoms with van der Waals surface area (Å²) in [5.41, 5.74) is 3.77. The van der Waals surface area contributed by atoms with E-state index in [9.17, 15) is 14.4 Å². The Balaban J connectivity index is 1.27. The first kappa shape index (κ1) is 33.3. The highest BCUT2D eigenvalue weighted by Crippen LogP contribution is 2.34. The van der Waals surface area contributed by atoms with Crippen LogP contribution in [0, 0.1) is 0 Å². The lowest BCUT2D eigenvalue weighted by atomic mass is 10.1. The van der Waals surface area contributed by atoms with Crippen LogP contribution in [0.25, 0.3) is 23.0 Å². The number of aromatic amines is 1. The Bertz CT molecular complexity index is 1970. The molecule has 1 aliphatic rings. The van der Waals surface area contributed by atoms with Gasteiger partial charge in [-0.25, -0.2) is 9.78 Å². The topological polar surface area (TPSA) is 173 Å². The highest BCUT2D eigenvalue weighted by molar-refractivity contribution is 6.32. The molecule has 1 aliphatic heterocycles. The van der Waals surface area contributed by atoms with E-state index in [2.05, 4.69) is 40.9 Å². The number of likely N-dealkylation sites (tertiary alicyclic amines) is 1. The summed E-state index contributed by atoms with van der Waals surface area (Å²) < 4.78 is 6.10. The number of H-pyrrole nitrogens is 1. The SMILES string of the molecule is COC(=O)Nc1ccc(-c2nc(C(CC(=O)N3CCC[C@H]3c3ccncc3)NC(=O)/C=C/c3cc(Cl)ccc3-n3cnnn3)[nH]c2Cl)cc1. The number of halogens is 2. The fraction of sp³-hybridized carbons (Fsp3) is 0.212. The minimum Gasteiger partial charge on any atom is -0.453 e. The number of methoxy groups -OCH3 is 1. The Morgan fingerprint density at radius 1 is 1.10 bits per heavy atom. The monoisotopic (exact) mass is 700 g/mol. The average Bonchev–Trinajstić information content (AvgIpc) is 3.90. The van der Waals surface area contributed by atoms with Gasteiger partial charge in [-0.1, -0.05) is 35.3 Å². The first-order valence-corrected chi connectivity index (χ1v) is 16.0. The molecule has 0 aliphatic carbocycles. The van der Waals surface area contributed by atoms with Gasteiger partial charge in [0.25, 0.3) is 0 Å². The highest BCUT2D eigenvalue weighted by Gasteiger charge is 2.33. The van der Waals surface area contributed by atoms with Gasteiger partial charge in [-0.05, 0) is 77.4 Å². The molecule has 0 bridgehead atoms. The van der Waals surface area contributed by atoms with Gasteiger partial charge >= 0.3 is 6.09 Å². The lowest BCUT2D eigenvalue weighted by Crippen LogP contribution is -2.36. The van der Waals surface area contributed by atoms with Gasteiger partial charge in [0.05, 0.1) is 31.3 Å². The zero-order valence-electron chi connectivity index (χ0n) is 26.1. The molecule has 14 nitrogen and oxygen atoms in total. The number of amides is 3. The summed E-state index contributed by atoms with van der Waals surface area (Å²) in [6.45, 7) is 0.581. The lowest BCUT2D eigenvalue weighted by Gasteiger charge is -2.27. The molecule has 0 saturated carbocycles. The number of aromatic nitrogens is 7. The number of rotatable bonds is 10. The van der Waals surface area contributed by atoms with Gasteiger partial charge in [0, 0.05) is 46.9 Å². The van der Waals surface area contributed by atoms with Crippen molar-refractivity contribution in [1.29, 1.82) is 0 Å². The smallest absolute Gasteiger partial charge is 0.411 e. The molecular formula is C33H30Cl2N10O4. The Morgan fingerprint density at radius 3 is 2.63 bits per heavy atom. The molecule has 250 valence electrons. The van der Waals surface area contributed by atoms with Crippen LogP contribution in [0.15, 0.2) is 79.4 Å². The summed E-state index contributed by atoms with van der Waals surface area (Å²) in [6, 6.07) is 14.8. The lowest BCUT2D eigenvalue weighted by molar-refractivity contribution is -0.133. The zero-order valence-corrected chi connectivity index (χ0v) is 27.6. The van der Waals surface area contributed by atoms with E-state index in [1.54, 1.807) is 60.9 Å². The fourth-order valence-corrected chi connectivity index (χ4v) is 6.06. The van der Waals surface area contributed by atoms with Crippen molar-refractivity contribution < 1.29 is 19.1 Å². The van der Waals surface area contributed by atoms with E-state index in [1.165, 1.54) is 24.2 Å². The van der Waals surface area contributed by atoms with E-state index in [0.29, 0.717) is 45.6 Å². The first-order valence-electron chi connectivity index (χ1n) is 15.2. The minimum absolute atomic E-state index is 0.0839. The van der Waals surface area contributed by atoms with Gasteiger partial charge in [0.2, 0.25) is 11.8 Å². The van der Waals surface area contributed by atoms with Crippen molar-refractivity contribution >= 4 is 52.9 Å². The number of anilines is 1. The van der Waals surface area contributed by atoms with Crippen LogP contribution in [0.1, 0.15) is 48.3 Å². The average molecular weight is 702 g/mol. The molecule has 1 saturated heterocycles. The number of carbonyl (C=O) groups excluding carboxylic acids is 3. The molecule has 2 aromatic carbocycles. The maximum absolute atomic E-state index is 13.9. The molecule has 6 rings (SSSR count).